The van der Waals surface area contributed by atoms with Gasteiger partial charge in [0.15, 0.2) is 11.4 Å². The fourth-order valence-electron chi connectivity index (χ4n) is 1.47. The molecule has 0 aliphatic carbocycles. The lowest BCUT2D eigenvalue weighted by Crippen LogP contribution is -2.35. The topological polar surface area (TPSA) is 119 Å². The third-order valence-corrected chi connectivity index (χ3v) is 2.40. The molecule has 0 bridgehead atoms. The summed E-state index contributed by atoms with van der Waals surface area (Å²) >= 11 is 0. The molecule has 2 N–H and O–H groups in total. The molecule has 0 atom stereocenters. The Morgan fingerprint density at radius 2 is 2.32 bits per heavy atom. The third-order valence-electron chi connectivity index (χ3n) is 2.40. The number of amides is 1. The van der Waals surface area contributed by atoms with Crippen LogP contribution in [0.15, 0.2) is 6.33 Å². The van der Waals surface area contributed by atoms with Crippen LogP contribution in [-0.2, 0) is 4.74 Å². The number of carbonyl (C=O) groups excluding carboxylic acids is 1. The van der Waals surface area contributed by atoms with Gasteiger partial charge in [0, 0.05) is 20.2 Å². The van der Waals surface area contributed by atoms with Crippen LogP contribution in [-0.4, -0.2) is 58.7 Å². The molecule has 1 heterocycles. The molecule has 0 saturated heterocycles. The summed E-state index contributed by atoms with van der Waals surface area (Å²) in [5.74, 6) is -1.79. The predicted octanol–water partition coefficient (Wildman–Crippen LogP) is 0.110. The van der Waals surface area contributed by atoms with Crippen LogP contribution in [0.4, 0.5) is 0 Å². The van der Waals surface area contributed by atoms with Gasteiger partial charge in [-0.05, 0) is 0 Å². The van der Waals surface area contributed by atoms with Crippen molar-refractivity contribution in [3.05, 3.63) is 17.7 Å². The highest BCUT2D eigenvalue weighted by atomic mass is 16.5. The van der Waals surface area contributed by atoms with Gasteiger partial charge in [-0.2, -0.15) is 5.26 Å². The molecule has 0 fully saturated rings. The van der Waals surface area contributed by atoms with E-state index in [0.29, 0.717) is 6.61 Å². The van der Waals surface area contributed by atoms with Crippen molar-refractivity contribution < 1.29 is 19.4 Å². The second-order valence-corrected chi connectivity index (χ2v) is 3.62. The first-order valence-electron chi connectivity index (χ1n) is 5.53. The Morgan fingerprint density at radius 3 is 2.89 bits per heavy atom. The van der Waals surface area contributed by atoms with Gasteiger partial charge in [0.2, 0.25) is 0 Å². The van der Waals surface area contributed by atoms with Gasteiger partial charge in [-0.3, -0.25) is 4.79 Å². The number of hydrogen-bond acceptors (Lipinski definition) is 5. The number of hydrogen-bond donors (Lipinski definition) is 2. The van der Waals surface area contributed by atoms with Crippen molar-refractivity contribution in [3.63, 3.8) is 0 Å². The van der Waals surface area contributed by atoms with Crippen LogP contribution in [0.1, 0.15) is 27.4 Å². The Kier molecular flexibility index (Phi) is 5.50. The first-order valence-corrected chi connectivity index (χ1v) is 5.53. The molecular weight excluding hydrogens is 252 g/mol. The van der Waals surface area contributed by atoms with Crippen molar-refractivity contribution in [2.24, 2.45) is 0 Å². The summed E-state index contributed by atoms with van der Waals surface area (Å²) < 4.78 is 4.88. The second-order valence-electron chi connectivity index (χ2n) is 3.62. The highest BCUT2D eigenvalue weighted by Crippen LogP contribution is 2.08. The monoisotopic (exact) mass is 266 g/mol. The molecule has 0 aromatic carbocycles. The van der Waals surface area contributed by atoms with E-state index in [1.54, 1.807) is 0 Å². The molecule has 19 heavy (non-hydrogen) atoms. The Hall–Kier alpha value is -2.40. The molecule has 0 saturated carbocycles. The minimum atomic E-state index is -1.26. The molecule has 1 aromatic heterocycles. The average molecular weight is 266 g/mol. The van der Waals surface area contributed by atoms with E-state index in [9.17, 15) is 9.59 Å². The summed E-state index contributed by atoms with van der Waals surface area (Å²) in [7, 11) is 1.49. The normalized spacial score (nSPS) is 9.89. The van der Waals surface area contributed by atoms with Crippen LogP contribution in [0.3, 0.4) is 0 Å². The fourth-order valence-corrected chi connectivity index (χ4v) is 1.47. The number of methoxy groups -OCH3 is 1. The number of aromatic amines is 1. The zero-order valence-electron chi connectivity index (χ0n) is 10.4. The van der Waals surface area contributed by atoms with Crippen molar-refractivity contribution in [1.29, 1.82) is 5.26 Å². The highest BCUT2D eigenvalue weighted by molar-refractivity contribution is 6.02. The smallest absolute Gasteiger partial charge is 0.354 e. The SMILES string of the molecule is COCCN(CCC#N)C(=O)c1nc[nH]c1C(=O)O. The Bertz CT molecular complexity index is 491. The van der Waals surface area contributed by atoms with E-state index in [-0.39, 0.29) is 30.9 Å². The van der Waals surface area contributed by atoms with Crippen molar-refractivity contribution in [2.45, 2.75) is 6.42 Å². The molecular formula is C11H14N4O4. The van der Waals surface area contributed by atoms with Gasteiger partial charge in [0.25, 0.3) is 5.91 Å². The molecule has 1 aromatic rings. The number of aromatic nitrogens is 2. The maximum absolute atomic E-state index is 12.2. The number of carbonyl (C=O) groups is 2. The lowest BCUT2D eigenvalue weighted by molar-refractivity contribution is 0.0651. The zero-order valence-corrected chi connectivity index (χ0v) is 10.4. The molecule has 102 valence electrons. The molecule has 0 radical (unpaired) electrons. The van der Waals surface area contributed by atoms with Crippen molar-refractivity contribution in [2.75, 3.05) is 26.8 Å². The first kappa shape index (κ1) is 14.7. The van der Waals surface area contributed by atoms with Crippen molar-refractivity contribution in [3.8, 4) is 6.07 Å². The number of H-pyrrole nitrogens is 1. The quantitative estimate of drug-likeness (QED) is 0.722. The summed E-state index contributed by atoms with van der Waals surface area (Å²) in [6.45, 7) is 0.761. The lowest BCUT2D eigenvalue weighted by Gasteiger charge is -2.20. The number of carboxylic acids is 1. The largest absolute Gasteiger partial charge is 0.477 e. The van der Waals surface area contributed by atoms with Crippen LogP contribution in [0.2, 0.25) is 0 Å². The minimum Gasteiger partial charge on any atom is -0.477 e. The number of nitrogens with one attached hydrogen (secondary N) is 1. The number of ether oxygens (including phenoxy) is 1. The Balaban J connectivity index is 2.88. The number of aromatic carboxylic acids is 1. The van der Waals surface area contributed by atoms with Gasteiger partial charge < -0.3 is 19.7 Å². The van der Waals surface area contributed by atoms with Crippen LogP contribution < -0.4 is 0 Å². The van der Waals surface area contributed by atoms with Crippen LogP contribution >= 0.6 is 0 Å². The number of rotatable bonds is 7. The number of nitriles is 1. The van der Waals surface area contributed by atoms with E-state index in [0.717, 1.165) is 6.33 Å². The van der Waals surface area contributed by atoms with Gasteiger partial charge in [-0.15, -0.1) is 0 Å². The zero-order chi connectivity index (χ0) is 14.3. The maximum Gasteiger partial charge on any atom is 0.354 e. The molecule has 0 aliphatic heterocycles. The van der Waals surface area contributed by atoms with Gasteiger partial charge >= 0.3 is 5.97 Å². The van der Waals surface area contributed by atoms with Gasteiger partial charge in [-0.25, -0.2) is 9.78 Å². The van der Waals surface area contributed by atoms with E-state index in [2.05, 4.69) is 9.97 Å². The maximum atomic E-state index is 12.2. The first-order chi connectivity index (χ1) is 9.11. The molecule has 8 heteroatoms. The predicted molar refractivity (Wildman–Crippen MR) is 63.6 cm³/mol. The molecule has 0 spiro atoms. The van der Waals surface area contributed by atoms with Crippen LogP contribution in [0.5, 0.6) is 0 Å². The Labute approximate surface area is 109 Å². The lowest BCUT2D eigenvalue weighted by atomic mass is 10.2. The Morgan fingerprint density at radius 1 is 1.58 bits per heavy atom. The molecule has 1 rings (SSSR count). The third kappa shape index (κ3) is 3.79. The second kappa shape index (κ2) is 7.13. The van der Waals surface area contributed by atoms with E-state index >= 15 is 0 Å². The number of imidazole rings is 1. The summed E-state index contributed by atoms with van der Waals surface area (Å²) in [6, 6.07) is 1.93. The number of nitrogens with zero attached hydrogens (tertiary/aromatic N) is 3. The van der Waals surface area contributed by atoms with Gasteiger partial charge in [0.05, 0.1) is 25.4 Å². The summed E-state index contributed by atoms with van der Waals surface area (Å²) in [5.41, 5.74) is -0.425. The summed E-state index contributed by atoms with van der Waals surface area (Å²) in [5, 5.41) is 17.5. The van der Waals surface area contributed by atoms with Crippen LogP contribution in [0, 0.1) is 11.3 Å². The van der Waals surface area contributed by atoms with Crippen molar-refractivity contribution >= 4 is 11.9 Å². The van der Waals surface area contributed by atoms with E-state index in [4.69, 9.17) is 15.1 Å². The van der Waals surface area contributed by atoms with E-state index in [1.165, 1.54) is 12.0 Å². The molecule has 8 nitrogen and oxygen atoms in total. The molecule has 0 aliphatic rings. The van der Waals surface area contributed by atoms with E-state index < -0.39 is 11.9 Å². The summed E-state index contributed by atoms with van der Waals surface area (Å²) in [6.07, 6.45) is 1.30. The number of carboxylic acid groups (broad SMARTS) is 1. The van der Waals surface area contributed by atoms with Gasteiger partial charge in [-0.1, -0.05) is 0 Å². The van der Waals surface area contributed by atoms with E-state index in [1.807, 2.05) is 6.07 Å². The minimum absolute atomic E-state index is 0.155. The fraction of sp³-hybridized carbons (Fsp3) is 0.455. The van der Waals surface area contributed by atoms with Crippen molar-refractivity contribution in [1.82, 2.24) is 14.9 Å². The van der Waals surface area contributed by atoms with Gasteiger partial charge in [0.1, 0.15) is 0 Å². The van der Waals surface area contributed by atoms with Crippen LogP contribution in [0.25, 0.3) is 0 Å². The average Bonchev–Trinajstić information content (AvgIpc) is 2.87. The summed E-state index contributed by atoms with van der Waals surface area (Å²) in [4.78, 5) is 30.5. The molecule has 0 unspecified atom stereocenters. The standard InChI is InChI=1S/C11H14N4O4/c1-19-6-5-15(4-2-3-12)10(16)8-9(11(17)18)14-7-13-8/h7H,2,4-6H2,1H3,(H,13,14)(H,17,18). The highest BCUT2D eigenvalue weighted by Gasteiger charge is 2.24. The molecule has 1 amide bonds.